The number of para-hydroxylation sites is 7. The molecule has 0 aliphatic heterocycles. The van der Waals surface area contributed by atoms with Gasteiger partial charge in [0.2, 0.25) is 0 Å². The van der Waals surface area contributed by atoms with Gasteiger partial charge in [0.25, 0.3) is 0 Å². The second kappa shape index (κ2) is 32.8. The highest BCUT2D eigenvalue weighted by Crippen LogP contribution is 2.47. The molecule has 0 bridgehead atoms. The van der Waals surface area contributed by atoms with Crippen LogP contribution in [0.15, 0.2) is 522 Å². The van der Waals surface area contributed by atoms with E-state index in [1.165, 1.54) is 242 Å². The normalized spacial score (nSPS) is 11.8. The molecule has 0 unspecified atom stereocenters. The Morgan fingerprint density at radius 1 is 0.0942 bits per heavy atom. The van der Waals surface area contributed by atoms with Crippen molar-refractivity contribution in [3.05, 3.63) is 522 Å². The second-order valence-electron chi connectivity index (χ2n) is 36.2. The number of nitrogens with zero attached hydrogens (tertiary/aromatic N) is 6. The zero-order valence-electron chi connectivity index (χ0n) is 75.3. The third kappa shape index (κ3) is 13.2. The van der Waals surface area contributed by atoms with Gasteiger partial charge in [-0.25, -0.2) is 0 Å². The van der Waals surface area contributed by atoms with Crippen molar-refractivity contribution in [1.82, 2.24) is 27.4 Å². The van der Waals surface area contributed by atoms with Crippen LogP contribution in [0.4, 0.5) is 0 Å². The van der Waals surface area contributed by atoms with Crippen molar-refractivity contribution in [3.8, 4) is 89.8 Å². The molecule has 0 amide bonds. The van der Waals surface area contributed by atoms with Crippen molar-refractivity contribution in [3.63, 3.8) is 0 Å². The Bertz CT molecular complexity index is 9500. The van der Waals surface area contributed by atoms with Gasteiger partial charge in [-0.05, 0) is 270 Å². The van der Waals surface area contributed by atoms with E-state index in [1.807, 2.05) is 0 Å². The van der Waals surface area contributed by atoms with E-state index in [2.05, 4.69) is 549 Å². The lowest BCUT2D eigenvalue weighted by molar-refractivity contribution is 1.18. The number of hydrogen-bond acceptors (Lipinski definition) is 0. The van der Waals surface area contributed by atoms with Gasteiger partial charge in [-0.1, -0.05) is 340 Å². The Hall–Kier alpha value is -18.4. The Labute approximate surface area is 796 Å². The van der Waals surface area contributed by atoms with Crippen LogP contribution >= 0.6 is 0 Å². The predicted molar refractivity (Wildman–Crippen MR) is 585 cm³/mol. The van der Waals surface area contributed by atoms with Gasteiger partial charge < -0.3 is 27.4 Å². The minimum absolute atomic E-state index is 1.16. The molecule has 0 atom stereocenters. The molecule has 0 saturated heterocycles. The Kier molecular flexibility index (Phi) is 18.9. The lowest BCUT2D eigenvalue weighted by atomic mass is 9.98. The first-order valence-electron chi connectivity index (χ1n) is 47.5. The quantitative estimate of drug-likeness (QED) is 0.124. The molecule has 0 spiro atoms. The Morgan fingerprint density at radius 3 is 0.659 bits per heavy atom. The first-order chi connectivity index (χ1) is 68.5. The summed E-state index contributed by atoms with van der Waals surface area (Å²) in [7, 11) is 0. The Balaban J connectivity index is 0.000000105. The van der Waals surface area contributed by atoms with Gasteiger partial charge in [-0.15, -0.1) is 0 Å². The van der Waals surface area contributed by atoms with Crippen LogP contribution < -0.4 is 0 Å². The highest BCUT2D eigenvalue weighted by Gasteiger charge is 2.24. The SMILES string of the molecule is c1ccc(-c2cccc(-n3c4ccccc4c4cc(-c5ccc6c(c5)c5ccccc5n6-c5cccc(-c6ccccc6)c5)ccc43)c2)cc1.c1ccc(-n2c3ccc(-c4ccc5c(c4)c4c6ccccc6ccc4n5-c4ccccc4)cc3c3c4ccccc4ccc32)cc1.c1ccc(-n2c3ccccc3c3cc(-c4ccc5c(c4)c4ccccc4n5-c4ccc5ccccc5c4)ccc32)cc1. The molecule has 23 aromatic carbocycles. The maximum atomic E-state index is 2.41. The summed E-state index contributed by atoms with van der Waals surface area (Å²) in [5.74, 6) is 0. The van der Waals surface area contributed by atoms with Crippen LogP contribution in [0.25, 0.3) is 253 Å². The molecular formula is C132H86N6. The molecule has 29 aromatic rings. The monoisotopic (exact) mass is 1750 g/mol. The van der Waals surface area contributed by atoms with Crippen molar-refractivity contribution in [2.45, 2.75) is 0 Å². The van der Waals surface area contributed by atoms with Crippen LogP contribution in [0.1, 0.15) is 0 Å². The molecule has 29 rings (SSSR count). The molecule has 138 heavy (non-hydrogen) atoms. The van der Waals surface area contributed by atoms with Gasteiger partial charge in [0, 0.05) is 98.8 Å². The van der Waals surface area contributed by atoms with Crippen LogP contribution in [0.5, 0.6) is 0 Å². The molecule has 0 aliphatic rings. The van der Waals surface area contributed by atoms with Crippen LogP contribution in [0.3, 0.4) is 0 Å². The van der Waals surface area contributed by atoms with Gasteiger partial charge in [-0.2, -0.15) is 0 Å². The first kappa shape index (κ1) is 79.4. The number of rotatable bonds is 11. The molecule has 6 heterocycles. The molecule has 644 valence electrons. The highest BCUT2D eigenvalue weighted by atomic mass is 15.0. The molecule has 6 nitrogen and oxygen atoms in total. The van der Waals surface area contributed by atoms with Gasteiger partial charge in [0.15, 0.2) is 0 Å². The molecule has 6 aromatic heterocycles. The lowest BCUT2D eigenvalue weighted by Crippen LogP contribution is -1.94. The fourth-order valence-corrected chi connectivity index (χ4v) is 22.2. The second-order valence-corrected chi connectivity index (χ2v) is 36.2. The molecule has 0 N–H and O–H groups in total. The number of aromatic nitrogens is 6. The molecule has 0 fully saturated rings. The summed E-state index contributed by atoms with van der Waals surface area (Å²) in [5, 5.41) is 22.8. The summed E-state index contributed by atoms with van der Waals surface area (Å²) >= 11 is 0. The minimum Gasteiger partial charge on any atom is -0.309 e. The van der Waals surface area contributed by atoms with Crippen LogP contribution in [0, 0.1) is 0 Å². The standard InChI is InChI=1S/C48H32N2.C44H28N2.C40H26N2/c1-3-13-33(14-4-1)35-17-11-19-39(29-35)49-45-23-9-7-21-41(45)43-31-37(25-27-47(43)49)38-26-28-48-44(32-38)42-22-8-10-24-46(42)50(48)40-20-12-18-36(30-40)34-15-5-2-6-16-34;1-3-13-33(14-4-1)45-39-23-21-31(27-37(39)43-35-17-9-7-11-29(35)19-25-41(43)45)32-22-24-40-38(28-32)44-36-18-10-8-12-30(36)20-26-42(44)46(40)34-15-5-2-6-16-34;1-2-12-31(13-3-1)41-37-16-8-6-14-33(37)35-25-29(19-22-39(35)41)30-20-23-40-36(26-30)34-15-7-9-17-38(34)42(40)32-21-18-27-10-4-5-11-28(27)24-32/h1-32H;1-28H;1-26H. The summed E-state index contributed by atoms with van der Waals surface area (Å²) < 4.78 is 14.4. The number of benzene rings is 23. The molecule has 0 radical (unpaired) electrons. The number of hydrogen-bond donors (Lipinski definition) is 0. The van der Waals surface area contributed by atoms with Crippen molar-refractivity contribution < 1.29 is 0 Å². The van der Waals surface area contributed by atoms with Crippen LogP contribution in [0.2, 0.25) is 0 Å². The summed E-state index contributed by atoms with van der Waals surface area (Å²) in [4.78, 5) is 0. The smallest absolute Gasteiger partial charge is 0.0547 e. The van der Waals surface area contributed by atoms with E-state index in [4.69, 9.17) is 0 Å². The van der Waals surface area contributed by atoms with Crippen molar-refractivity contribution in [1.29, 1.82) is 0 Å². The maximum Gasteiger partial charge on any atom is 0.0547 e. The highest BCUT2D eigenvalue weighted by molar-refractivity contribution is 6.25. The fraction of sp³-hybridized carbons (Fsp3) is 0. The van der Waals surface area contributed by atoms with E-state index in [9.17, 15) is 0 Å². The summed E-state index contributed by atoms with van der Waals surface area (Å²) in [5.41, 5.74) is 33.8. The topological polar surface area (TPSA) is 29.6 Å². The zero-order chi connectivity index (χ0) is 90.8. The zero-order valence-corrected chi connectivity index (χ0v) is 75.3. The lowest BCUT2D eigenvalue weighted by Gasteiger charge is -2.11. The first-order valence-corrected chi connectivity index (χ1v) is 47.5. The van der Waals surface area contributed by atoms with E-state index in [0.29, 0.717) is 0 Å². The van der Waals surface area contributed by atoms with Crippen molar-refractivity contribution in [2.24, 2.45) is 0 Å². The van der Waals surface area contributed by atoms with E-state index in [0.717, 1.165) is 11.4 Å². The summed E-state index contributed by atoms with van der Waals surface area (Å²) in [6.45, 7) is 0. The van der Waals surface area contributed by atoms with E-state index < -0.39 is 0 Å². The third-order valence-electron chi connectivity index (χ3n) is 28.5. The van der Waals surface area contributed by atoms with E-state index in [-0.39, 0.29) is 0 Å². The third-order valence-corrected chi connectivity index (χ3v) is 28.5. The molecule has 0 saturated carbocycles. The van der Waals surface area contributed by atoms with Gasteiger partial charge in [0.1, 0.15) is 0 Å². The van der Waals surface area contributed by atoms with Crippen LogP contribution in [-0.4, -0.2) is 27.4 Å². The predicted octanol–water partition coefficient (Wildman–Crippen LogP) is 35.4. The summed E-state index contributed by atoms with van der Waals surface area (Å²) in [6.07, 6.45) is 0. The molecule has 6 heteroatoms. The van der Waals surface area contributed by atoms with Crippen molar-refractivity contribution >= 4 is 163 Å². The van der Waals surface area contributed by atoms with Crippen LogP contribution in [-0.2, 0) is 0 Å². The minimum atomic E-state index is 1.16. The average Bonchev–Trinajstić information content (AvgIpc) is 1.57. The average molecular weight is 1760 g/mol. The fourth-order valence-electron chi connectivity index (χ4n) is 22.2. The van der Waals surface area contributed by atoms with Gasteiger partial charge in [0.05, 0.1) is 66.2 Å². The van der Waals surface area contributed by atoms with Crippen molar-refractivity contribution in [2.75, 3.05) is 0 Å². The number of fused-ring (bicyclic) bond motifs is 23. The molecule has 0 aliphatic carbocycles. The van der Waals surface area contributed by atoms with E-state index >= 15 is 0 Å². The largest absolute Gasteiger partial charge is 0.309 e. The maximum absolute atomic E-state index is 2.41. The van der Waals surface area contributed by atoms with E-state index in [1.54, 1.807) is 0 Å². The van der Waals surface area contributed by atoms with Gasteiger partial charge in [-0.3, -0.25) is 0 Å². The van der Waals surface area contributed by atoms with Gasteiger partial charge >= 0.3 is 0 Å². The molecular weight excluding hydrogens is 1670 g/mol. The Morgan fingerprint density at radius 2 is 0.312 bits per heavy atom. The summed E-state index contributed by atoms with van der Waals surface area (Å²) in [6, 6.07) is 190.